The van der Waals surface area contributed by atoms with Gasteiger partial charge in [0.05, 0.1) is 12.4 Å². The molecule has 0 amide bonds. The van der Waals surface area contributed by atoms with Crippen LogP contribution in [-0.2, 0) is 4.74 Å². The zero-order valence-electron chi connectivity index (χ0n) is 27.8. The monoisotopic (exact) mass is 549 g/mol. The molecule has 1 nitrogen and oxygen atoms in total. The Morgan fingerprint density at radius 3 is 0.872 bits per heavy atom. The van der Waals surface area contributed by atoms with Gasteiger partial charge in [0.25, 0.3) is 0 Å². The third-order valence-corrected chi connectivity index (χ3v) is 8.61. The van der Waals surface area contributed by atoms with Crippen molar-refractivity contribution in [2.45, 2.75) is 232 Å². The van der Waals surface area contributed by atoms with Crippen molar-refractivity contribution in [1.82, 2.24) is 0 Å². The summed E-state index contributed by atoms with van der Waals surface area (Å²) in [7, 11) is 0. The van der Waals surface area contributed by atoms with Crippen molar-refractivity contribution in [3.8, 4) is 0 Å². The predicted molar refractivity (Wildman–Crippen MR) is 179 cm³/mol. The van der Waals surface area contributed by atoms with Crippen molar-refractivity contribution in [2.24, 2.45) is 0 Å². The Bertz CT molecular complexity index is 442. The molecule has 234 valence electrons. The van der Waals surface area contributed by atoms with Crippen molar-refractivity contribution < 1.29 is 4.74 Å². The Kier molecular flexibility index (Phi) is 35.1. The molecule has 0 aromatic rings. The molecule has 0 aromatic carbocycles. The normalized spacial score (nSPS) is 12.5. The fourth-order valence-electron chi connectivity index (χ4n) is 5.85. The molecular formula is C38H76O. The van der Waals surface area contributed by atoms with E-state index in [1.54, 1.807) is 0 Å². The number of allylic oxidation sites excluding steroid dienone is 1. The maximum Gasteiger partial charge on any atom is 0.0978 e. The van der Waals surface area contributed by atoms with Crippen molar-refractivity contribution in [2.75, 3.05) is 0 Å². The highest BCUT2D eigenvalue weighted by Gasteiger charge is 2.08. The predicted octanol–water partition coefficient (Wildman–Crippen LogP) is 14.4. The minimum absolute atomic E-state index is 0.451. The smallest absolute Gasteiger partial charge is 0.0978 e. The van der Waals surface area contributed by atoms with E-state index in [0.29, 0.717) is 6.10 Å². The van der Waals surface area contributed by atoms with Gasteiger partial charge in [0.1, 0.15) is 0 Å². The molecule has 0 aliphatic heterocycles. The first-order valence-corrected chi connectivity index (χ1v) is 18.7. The van der Waals surface area contributed by atoms with E-state index in [2.05, 4.69) is 26.8 Å². The van der Waals surface area contributed by atoms with Crippen LogP contribution in [0.15, 0.2) is 12.3 Å². The number of ether oxygens (including phenoxy) is 1. The summed E-state index contributed by atoms with van der Waals surface area (Å²) in [6.45, 7) is 6.80. The average Bonchev–Trinajstić information content (AvgIpc) is 2.95. The van der Waals surface area contributed by atoms with Gasteiger partial charge in [-0.2, -0.15) is 0 Å². The lowest BCUT2D eigenvalue weighted by Gasteiger charge is -2.17. The summed E-state index contributed by atoms with van der Waals surface area (Å²) in [5.41, 5.74) is 0. The van der Waals surface area contributed by atoms with Crippen LogP contribution >= 0.6 is 0 Å². The molecular weight excluding hydrogens is 472 g/mol. The number of rotatable bonds is 34. The molecule has 0 bridgehead atoms. The Morgan fingerprint density at radius 1 is 0.359 bits per heavy atom. The van der Waals surface area contributed by atoms with Gasteiger partial charge in [0.2, 0.25) is 0 Å². The summed E-state index contributed by atoms with van der Waals surface area (Å²) in [6.07, 6.45) is 49.9. The van der Waals surface area contributed by atoms with Crippen molar-refractivity contribution >= 4 is 0 Å². The number of hydrogen-bond donors (Lipinski definition) is 0. The molecule has 1 unspecified atom stereocenters. The summed E-state index contributed by atoms with van der Waals surface area (Å²) >= 11 is 0. The molecule has 0 saturated heterocycles. The lowest BCUT2D eigenvalue weighted by atomic mass is 10.0. The third-order valence-electron chi connectivity index (χ3n) is 8.61. The standard InChI is InChI=1S/C38H76O/c1-4-7-10-12-14-16-18-20-22-24-26-28-30-32-34-36-38(39-37-9-6-3)35-33-31-29-27-25-23-21-19-17-15-13-11-8-5-2/h9,37-38H,4-8,10-36H2,1-3H3. The van der Waals surface area contributed by atoms with Gasteiger partial charge in [0.15, 0.2) is 0 Å². The lowest BCUT2D eigenvalue weighted by molar-refractivity contribution is 0.120. The van der Waals surface area contributed by atoms with Gasteiger partial charge in [-0.1, -0.05) is 200 Å². The quantitative estimate of drug-likeness (QED) is 0.0574. The maximum atomic E-state index is 6.13. The molecule has 0 rings (SSSR count). The minimum Gasteiger partial charge on any atom is -0.498 e. The van der Waals surface area contributed by atoms with Crippen molar-refractivity contribution in [1.29, 1.82) is 0 Å². The van der Waals surface area contributed by atoms with Crippen LogP contribution in [0.4, 0.5) is 0 Å². The molecule has 0 heterocycles. The molecule has 1 atom stereocenters. The number of hydrogen-bond acceptors (Lipinski definition) is 1. The second-order valence-electron chi connectivity index (χ2n) is 12.7. The van der Waals surface area contributed by atoms with E-state index in [0.717, 1.165) is 6.42 Å². The topological polar surface area (TPSA) is 9.23 Å². The van der Waals surface area contributed by atoms with Gasteiger partial charge in [-0.05, 0) is 32.1 Å². The number of unbranched alkanes of at least 4 members (excludes halogenated alkanes) is 27. The average molecular weight is 549 g/mol. The van der Waals surface area contributed by atoms with E-state index in [1.165, 1.54) is 199 Å². The molecule has 0 spiro atoms. The first-order chi connectivity index (χ1) is 19.3. The zero-order chi connectivity index (χ0) is 28.3. The molecule has 0 aliphatic carbocycles. The van der Waals surface area contributed by atoms with Gasteiger partial charge >= 0.3 is 0 Å². The Morgan fingerprint density at radius 2 is 0.615 bits per heavy atom. The fraction of sp³-hybridized carbons (Fsp3) is 0.947. The van der Waals surface area contributed by atoms with Crippen molar-refractivity contribution in [3.63, 3.8) is 0 Å². The van der Waals surface area contributed by atoms with Crippen molar-refractivity contribution in [3.05, 3.63) is 12.3 Å². The molecule has 39 heavy (non-hydrogen) atoms. The van der Waals surface area contributed by atoms with E-state index in [9.17, 15) is 0 Å². The van der Waals surface area contributed by atoms with Crippen LogP contribution in [0, 0.1) is 0 Å². The van der Waals surface area contributed by atoms with Crippen LogP contribution in [0.25, 0.3) is 0 Å². The summed E-state index contributed by atoms with van der Waals surface area (Å²) in [6, 6.07) is 0. The fourth-order valence-corrected chi connectivity index (χ4v) is 5.85. The van der Waals surface area contributed by atoms with E-state index in [-0.39, 0.29) is 0 Å². The zero-order valence-corrected chi connectivity index (χ0v) is 27.8. The Balaban J connectivity index is 3.57. The van der Waals surface area contributed by atoms with Crippen LogP contribution in [0.3, 0.4) is 0 Å². The van der Waals surface area contributed by atoms with Crippen LogP contribution in [0.1, 0.15) is 226 Å². The molecule has 1 heteroatoms. The van der Waals surface area contributed by atoms with E-state index in [4.69, 9.17) is 4.74 Å². The first kappa shape index (κ1) is 38.5. The Hall–Kier alpha value is -0.460. The SMILES string of the molecule is CCC=COC(CCCCCCCCCCCCCCCC)CCCCCCCCCCCCCCCCC. The molecule has 0 N–H and O–H groups in total. The molecule has 0 saturated carbocycles. The second kappa shape index (κ2) is 35.6. The molecule has 0 aromatic heterocycles. The molecule has 0 radical (unpaired) electrons. The largest absolute Gasteiger partial charge is 0.498 e. The first-order valence-electron chi connectivity index (χ1n) is 18.7. The van der Waals surface area contributed by atoms with Gasteiger partial charge < -0.3 is 4.74 Å². The van der Waals surface area contributed by atoms with E-state index in [1.807, 2.05) is 6.26 Å². The van der Waals surface area contributed by atoms with Crippen LogP contribution in [0.5, 0.6) is 0 Å². The maximum absolute atomic E-state index is 6.13. The van der Waals surface area contributed by atoms with E-state index >= 15 is 0 Å². The summed E-state index contributed by atoms with van der Waals surface area (Å²) in [5, 5.41) is 0. The second-order valence-corrected chi connectivity index (χ2v) is 12.7. The van der Waals surface area contributed by atoms with Gasteiger partial charge in [0, 0.05) is 0 Å². The van der Waals surface area contributed by atoms with Gasteiger partial charge in [-0.3, -0.25) is 0 Å². The van der Waals surface area contributed by atoms with Crippen LogP contribution in [0.2, 0.25) is 0 Å². The summed E-state index contributed by atoms with van der Waals surface area (Å²) in [4.78, 5) is 0. The van der Waals surface area contributed by atoms with Gasteiger partial charge in [-0.15, -0.1) is 0 Å². The van der Waals surface area contributed by atoms with Gasteiger partial charge in [-0.25, -0.2) is 0 Å². The summed E-state index contributed by atoms with van der Waals surface area (Å²) < 4.78 is 6.13. The molecule has 0 aliphatic rings. The highest BCUT2D eigenvalue weighted by Crippen LogP contribution is 2.19. The minimum atomic E-state index is 0.451. The Labute approximate surface area is 249 Å². The van der Waals surface area contributed by atoms with Crippen LogP contribution < -0.4 is 0 Å². The lowest BCUT2D eigenvalue weighted by Crippen LogP contribution is -2.09. The highest BCUT2D eigenvalue weighted by atomic mass is 16.5. The third kappa shape index (κ3) is 33.6. The molecule has 0 fully saturated rings. The van der Waals surface area contributed by atoms with E-state index < -0.39 is 0 Å². The summed E-state index contributed by atoms with van der Waals surface area (Å²) in [5.74, 6) is 0. The highest BCUT2D eigenvalue weighted by molar-refractivity contribution is 4.73. The van der Waals surface area contributed by atoms with Crippen LogP contribution in [-0.4, -0.2) is 6.10 Å².